The molecule has 0 fully saturated rings. The number of aromatic nitrogens is 3. The lowest BCUT2D eigenvalue weighted by molar-refractivity contribution is -0.113. The van der Waals surface area contributed by atoms with Gasteiger partial charge >= 0.3 is 0 Å². The third-order valence-corrected chi connectivity index (χ3v) is 6.02. The van der Waals surface area contributed by atoms with Crippen LogP contribution >= 0.6 is 27.7 Å². The van der Waals surface area contributed by atoms with Gasteiger partial charge in [0.2, 0.25) is 5.91 Å². The van der Waals surface area contributed by atoms with E-state index in [-0.39, 0.29) is 17.6 Å². The van der Waals surface area contributed by atoms with Gasteiger partial charge in [0.05, 0.1) is 5.75 Å². The van der Waals surface area contributed by atoms with E-state index in [1.807, 2.05) is 61.5 Å². The summed E-state index contributed by atoms with van der Waals surface area (Å²) in [6, 6.07) is 24.0. The summed E-state index contributed by atoms with van der Waals surface area (Å²) in [7, 11) is 0. The molecule has 0 bridgehead atoms. The van der Waals surface area contributed by atoms with Crippen molar-refractivity contribution in [3.05, 3.63) is 94.5 Å². The fourth-order valence-electron chi connectivity index (χ4n) is 2.91. The van der Waals surface area contributed by atoms with Crippen molar-refractivity contribution in [2.45, 2.75) is 12.1 Å². The monoisotopic (exact) mass is 506 g/mol. The van der Waals surface area contributed by atoms with Crippen molar-refractivity contribution in [3.63, 3.8) is 0 Å². The molecular weight excluding hydrogens is 488 g/mol. The van der Waals surface area contributed by atoms with Crippen LogP contribution in [0, 0.1) is 6.92 Å². The Morgan fingerprint density at radius 2 is 1.66 bits per heavy atom. The van der Waals surface area contributed by atoms with Crippen LogP contribution in [0.1, 0.15) is 15.9 Å². The Morgan fingerprint density at radius 3 is 2.34 bits per heavy atom. The fourth-order valence-corrected chi connectivity index (χ4v) is 3.91. The number of nitrogens with one attached hydrogen (secondary N) is 1. The van der Waals surface area contributed by atoms with Crippen LogP contribution in [-0.2, 0) is 4.79 Å². The summed E-state index contributed by atoms with van der Waals surface area (Å²) in [5.74, 6) is 0.0194. The maximum Gasteiger partial charge on any atom is 0.280 e. The molecular formula is C24H19BrN4O2S. The first-order chi connectivity index (χ1) is 15.5. The zero-order chi connectivity index (χ0) is 22.5. The molecule has 0 saturated heterocycles. The molecule has 3 aromatic carbocycles. The van der Waals surface area contributed by atoms with Gasteiger partial charge in [-0.3, -0.25) is 9.59 Å². The average Bonchev–Trinajstić information content (AvgIpc) is 3.24. The lowest BCUT2D eigenvalue weighted by atomic mass is 10.2. The van der Waals surface area contributed by atoms with Crippen molar-refractivity contribution in [1.82, 2.24) is 14.8 Å². The minimum atomic E-state index is -0.311. The van der Waals surface area contributed by atoms with Gasteiger partial charge in [0.15, 0.2) is 11.0 Å². The third kappa shape index (κ3) is 5.33. The molecule has 4 aromatic rings. The van der Waals surface area contributed by atoms with Crippen molar-refractivity contribution in [1.29, 1.82) is 0 Å². The van der Waals surface area contributed by atoms with Crippen LogP contribution in [0.25, 0.3) is 11.4 Å². The Hall–Kier alpha value is -3.23. The minimum absolute atomic E-state index is 0.0917. The second-order valence-corrected chi connectivity index (χ2v) is 8.87. The molecule has 0 aliphatic heterocycles. The highest BCUT2D eigenvalue weighted by Crippen LogP contribution is 2.23. The van der Waals surface area contributed by atoms with E-state index in [4.69, 9.17) is 0 Å². The predicted octanol–water partition coefficient (Wildman–Crippen LogP) is 5.44. The molecule has 8 heteroatoms. The summed E-state index contributed by atoms with van der Waals surface area (Å²) in [5, 5.41) is 7.66. The summed E-state index contributed by atoms with van der Waals surface area (Å²) in [4.78, 5) is 30.1. The predicted molar refractivity (Wildman–Crippen MR) is 130 cm³/mol. The van der Waals surface area contributed by atoms with Crippen molar-refractivity contribution >= 4 is 45.2 Å². The van der Waals surface area contributed by atoms with Crippen LogP contribution in [0.4, 0.5) is 5.69 Å². The third-order valence-electron chi connectivity index (χ3n) is 4.56. The van der Waals surface area contributed by atoms with Gasteiger partial charge in [-0.2, -0.15) is 4.68 Å². The molecule has 160 valence electrons. The number of carbonyl (C=O) groups is 2. The molecule has 0 radical (unpaired) electrons. The second kappa shape index (κ2) is 9.93. The van der Waals surface area contributed by atoms with E-state index < -0.39 is 0 Å². The highest BCUT2D eigenvalue weighted by atomic mass is 79.9. The van der Waals surface area contributed by atoms with Crippen molar-refractivity contribution < 1.29 is 9.59 Å². The maximum absolute atomic E-state index is 13.1. The average molecular weight is 507 g/mol. The van der Waals surface area contributed by atoms with Crippen LogP contribution in [0.15, 0.2) is 88.5 Å². The van der Waals surface area contributed by atoms with Crippen molar-refractivity contribution in [2.24, 2.45) is 0 Å². The Bertz CT molecular complexity index is 1240. The second-order valence-electron chi connectivity index (χ2n) is 7.01. The smallest absolute Gasteiger partial charge is 0.280 e. The maximum atomic E-state index is 13.1. The van der Waals surface area contributed by atoms with E-state index in [9.17, 15) is 9.59 Å². The highest BCUT2D eigenvalue weighted by molar-refractivity contribution is 9.10. The van der Waals surface area contributed by atoms with E-state index in [1.54, 1.807) is 24.3 Å². The molecule has 1 heterocycles. The van der Waals surface area contributed by atoms with Crippen LogP contribution in [0.3, 0.4) is 0 Å². The number of hydrogen-bond donors (Lipinski definition) is 1. The number of nitrogens with zero attached hydrogens (tertiary/aromatic N) is 3. The molecule has 1 aromatic heterocycles. The van der Waals surface area contributed by atoms with Crippen molar-refractivity contribution in [3.8, 4) is 11.4 Å². The number of carbonyl (C=O) groups excluding carboxylic acids is 2. The summed E-state index contributed by atoms with van der Waals surface area (Å²) in [6.07, 6.45) is 0. The van der Waals surface area contributed by atoms with E-state index in [2.05, 4.69) is 31.3 Å². The largest absolute Gasteiger partial charge is 0.325 e. The Kier molecular flexibility index (Phi) is 6.82. The van der Waals surface area contributed by atoms with Gasteiger partial charge in [0, 0.05) is 21.3 Å². The summed E-state index contributed by atoms with van der Waals surface area (Å²) < 4.78 is 2.13. The molecule has 0 aliphatic rings. The van der Waals surface area contributed by atoms with Crippen LogP contribution in [0.2, 0.25) is 0 Å². The highest BCUT2D eigenvalue weighted by Gasteiger charge is 2.20. The van der Waals surface area contributed by atoms with Gasteiger partial charge in [0.25, 0.3) is 5.91 Å². The molecule has 0 spiro atoms. The number of amides is 1. The SMILES string of the molecule is Cc1ccc(NC(=O)CSc2nc(-c3ccccc3)nn2C(=O)c2ccc(Br)cc2)cc1. The van der Waals surface area contributed by atoms with Crippen molar-refractivity contribution in [2.75, 3.05) is 11.1 Å². The lowest BCUT2D eigenvalue weighted by Crippen LogP contribution is -2.17. The Labute approximate surface area is 198 Å². The first-order valence-electron chi connectivity index (χ1n) is 9.82. The molecule has 0 aliphatic carbocycles. The molecule has 1 amide bonds. The number of anilines is 1. The minimum Gasteiger partial charge on any atom is -0.325 e. The number of thioether (sulfide) groups is 1. The summed E-state index contributed by atoms with van der Waals surface area (Å²) in [5.41, 5.74) is 3.11. The van der Waals surface area contributed by atoms with E-state index in [0.29, 0.717) is 16.5 Å². The molecule has 4 rings (SSSR count). The quantitative estimate of drug-likeness (QED) is 0.352. The summed E-state index contributed by atoms with van der Waals surface area (Å²) >= 11 is 4.54. The van der Waals surface area contributed by atoms with Gasteiger partial charge in [-0.15, -0.1) is 5.10 Å². The molecule has 6 nitrogen and oxygen atoms in total. The van der Waals surface area contributed by atoms with E-state index >= 15 is 0 Å². The summed E-state index contributed by atoms with van der Waals surface area (Å²) in [6.45, 7) is 1.99. The van der Waals surface area contributed by atoms with Gasteiger partial charge in [-0.25, -0.2) is 4.98 Å². The number of halogens is 1. The molecule has 1 N–H and O–H groups in total. The lowest BCUT2D eigenvalue weighted by Gasteiger charge is -2.06. The first-order valence-corrected chi connectivity index (χ1v) is 11.6. The van der Waals surface area contributed by atoms with E-state index in [1.165, 1.54) is 16.4 Å². The topological polar surface area (TPSA) is 76.9 Å². The molecule has 0 atom stereocenters. The zero-order valence-electron chi connectivity index (χ0n) is 17.2. The number of aryl methyl sites for hydroxylation is 1. The number of hydrogen-bond acceptors (Lipinski definition) is 5. The molecule has 32 heavy (non-hydrogen) atoms. The first kappa shape index (κ1) is 22.0. The Morgan fingerprint density at radius 1 is 0.969 bits per heavy atom. The molecule has 0 saturated carbocycles. The zero-order valence-corrected chi connectivity index (χ0v) is 19.6. The van der Waals surface area contributed by atoms with Crippen LogP contribution < -0.4 is 5.32 Å². The standard InChI is InChI=1S/C24H19BrN4O2S/c1-16-7-13-20(14-8-16)26-21(30)15-32-24-27-22(17-5-3-2-4-6-17)28-29(24)23(31)18-9-11-19(25)12-10-18/h2-14H,15H2,1H3,(H,26,30). The van der Waals surface area contributed by atoms with Gasteiger partial charge in [-0.1, -0.05) is 75.7 Å². The molecule has 0 unspecified atom stereocenters. The van der Waals surface area contributed by atoms with Crippen LogP contribution in [-0.4, -0.2) is 32.3 Å². The van der Waals surface area contributed by atoms with Gasteiger partial charge in [-0.05, 0) is 43.3 Å². The van der Waals surface area contributed by atoms with Gasteiger partial charge in [0.1, 0.15) is 0 Å². The number of rotatable bonds is 6. The van der Waals surface area contributed by atoms with Crippen LogP contribution in [0.5, 0.6) is 0 Å². The van der Waals surface area contributed by atoms with Gasteiger partial charge < -0.3 is 5.32 Å². The fraction of sp³-hybridized carbons (Fsp3) is 0.0833. The number of benzene rings is 3. The van der Waals surface area contributed by atoms with E-state index in [0.717, 1.165) is 21.3 Å². The Balaban J connectivity index is 1.57. The normalized spacial score (nSPS) is 10.7.